The average Bonchev–Trinajstić information content (AvgIpc) is 2.62. The molecule has 3 heteroatoms. The summed E-state index contributed by atoms with van der Waals surface area (Å²) in [7, 11) is 3.93. The number of benzene rings is 2. The fourth-order valence-corrected chi connectivity index (χ4v) is 3.71. The first-order chi connectivity index (χ1) is 12.8. The Labute approximate surface area is 148 Å². The van der Waals surface area contributed by atoms with E-state index in [-0.39, 0.29) is 6.85 Å². The molecule has 0 unspecified atom stereocenters. The van der Waals surface area contributed by atoms with Crippen LogP contribution in [0.2, 0.25) is 0 Å². The maximum absolute atomic E-state index is 7.98. The number of hydrogen-bond donors (Lipinski definition) is 0. The van der Waals surface area contributed by atoms with Crippen LogP contribution in [0, 0.1) is 6.92 Å². The zero-order valence-electron chi connectivity index (χ0n) is 17.2. The molecule has 2 nitrogen and oxygen atoms in total. The van der Waals surface area contributed by atoms with Gasteiger partial charge in [-0.25, -0.2) is 4.57 Å². The Bertz CT molecular complexity index is 1070. The molecule has 2 heterocycles. The summed E-state index contributed by atoms with van der Waals surface area (Å²) in [6, 6.07) is 18.6. The Morgan fingerprint density at radius 2 is 1.88 bits per heavy atom. The lowest BCUT2D eigenvalue weighted by atomic mass is 9.48. The molecule has 0 saturated heterocycles. The number of fused-ring (bicyclic) bond motifs is 2. The minimum absolute atomic E-state index is 0.156. The van der Waals surface area contributed by atoms with Gasteiger partial charge in [0.25, 0.3) is 0 Å². The van der Waals surface area contributed by atoms with Crippen molar-refractivity contribution in [3.05, 3.63) is 71.4 Å². The molecule has 1 aromatic heterocycles. The van der Waals surface area contributed by atoms with Crippen LogP contribution in [0.3, 0.4) is 0 Å². The number of allylic oxidation sites excluding steroid dienone is 1. The quantitative estimate of drug-likeness (QED) is 0.494. The lowest BCUT2D eigenvalue weighted by Crippen LogP contribution is -2.66. The number of nitrogens with zero attached hydrogens (tertiary/aromatic N) is 2. The van der Waals surface area contributed by atoms with E-state index in [1.807, 2.05) is 30.1 Å². The highest BCUT2D eigenvalue weighted by Crippen LogP contribution is 2.18. The summed E-state index contributed by atoms with van der Waals surface area (Å²) in [6.45, 7) is -0.206. The van der Waals surface area contributed by atoms with Gasteiger partial charge < -0.3 is 4.81 Å². The zero-order valence-corrected chi connectivity index (χ0v) is 14.2. The van der Waals surface area contributed by atoms with E-state index in [4.69, 9.17) is 4.11 Å². The summed E-state index contributed by atoms with van der Waals surface area (Å²) in [5.74, 6) is 0. The topological polar surface area (TPSA) is 7.12 Å². The number of hydrogen-bond acceptors (Lipinski definition) is 1. The highest BCUT2D eigenvalue weighted by molar-refractivity contribution is 6.83. The van der Waals surface area contributed by atoms with Crippen LogP contribution in [0.15, 0.2) is 60.3 Å². The van der Waals surface area contributed by atoms with Crippen molar-refractivity contribution in [2.24, 2.45) is 7.05 Å². The first kappa shape index (κ1) is 11.9. The van der Waals surface area contributed by atoms with E-state index in [1.165, 1.54) is 10.9 Å². The molecule has 1 aliphatic heterocycles. The third-order valence-corrected chi connectivity index (χ3v) is 5.10. The molecule has 118 valence electrons. The van der Waals surface area contributed by atoms with Crippen molar-refractivity contribution in [1.82, 2.24) is 4.81 Å². The molecule has 0 fully saturated rings. The van der Waals surface area contributed by atoms with Crippen LogP contribution in [0.1, 0.15) is 22.1 Å². The largest absolute Gasteiger partial charge is 0.408 e. The second-order valence-electron chi connectivity index (χ2n) is 6.50. The van der Waals surface area contributed by atoms with Gasteiger partial charge in [-0.05, 0) is 61.3 Å². The third kappa shape index (κ3) is 2.15. The summed E-state index contributed by atoms with van der Waals surface area (Å²) in [5.41, 5.74) is 5.90. The fourth-order valence-electron chi connectivity index (χ4n) is 3.71. The summed E-state index contributed by atoms with van der Waals surface area (Å²) in [6.07, 6.45) is 1.80. The van der Waals surface area contributed by atoms with E-state index in [0.29, 0.717) is 5.70 Å². The number of aryl methyl sites for hydroxylation is 2. The molecule has 0 N–H and O–H groups in total. The molecule has 0 atom stereocenters. The first-order valence-corrected chi connectivity index (χ1v) is 8.21. The molecule has 2 aromatic carbocycles. The van der Waals surface area contributed by atoms with Crippen molar-refractivity contribution in [3.63, 3.8) is 0 Å². The number of rotatable bonds is 1. The molecular formula is C21H22BN2+. The van der Waals surface area contributed by atoms with Crippen LogP contribution in [0.4, 0.5) is 0 Å². The van der Waals surface area contributed by atoms with E-state index in [0.717, 1.165) is 22.1 Å². The van der Waals surface area contributed by atoms with Gasteiger partial charge in [0.05, 0.1) is 0 Å². The van der Waals surface area contributed by atoms with Gasteiger partial charge in [-0.1, -0.05) is 36.4 Å². The molecule has 0 aliphatic carbocycles. The molecule has 0 amide bonds. The van der Waals surface area contributed by atoms with E-state index in [2.05, 4.69) is 54.9 Å². The molecular weight excluding hydrogens is 291 g/mol. The van der Waals surface area contributed by atoms with Gasteiger partial charge >= 0.3 is 6.85 Å². The van der Waals surface area contributed by atoms with Gasteiger partial charge in [0.2, 0.25) is 5.52 Å². The lowest BCUT2D eigenvalue weighted by Gasteiger charge is -2.31. The van der Waals surface area contributed by atoms with Crippen molar-refractivity contribution in [1.29, 1.82) is 0 Å². The number of aromatic nitrogens is 1. The molecule has 3 aromatic rings. The Kier molecular flexibility index (Phi) is 2.74. The maximum Gasteiger partial charge on any atom is 0.404 e. The Hall–Kier alpha value is -2.55. The van der Waals surface area contributed by atoms with Crippen molar-refractivity contribution >= 4 is 34.9 Å². The van der Waals surface area contributed by atoms with E-state index in [1.54, 1.807) is 6.08 Å². The molecule has 0 spiro atoms. The van der Waals surface area contributed by atoms with Crippen LogP contribution in [-0.2, 0) is 7.05 Å². The number of pyridine rings is 1. The van der Waals surface area contributed by atoms with Gasteiger partial charge in [0, 0.05) is 15.6 Å². The molecule has 0 radical (unpaired) electrons. The Balaban J connectivity index is 1.97. The molecule has 4 rings (SSSR count). The van der Waals surface area contributed by atoms with Crippen LogP contribution in [0.5, 0.6) is 0 Å². The second kappa shape index (κ2) is 5.52. The third-order valence-electron chi connectivity index (χ3n) is 5.10. The molecule has 0 bridgehead atoms. The standard InChI is InChI=1S/C21H22BN2/c1-15-8-7-11-20-18(15)12-13-21(23(20)3)22-19-10-6-5-9-17(19)14-16(2)24(22)4/h5-14H,1-4H3/q+1/i2D3. The van der Waals surface area contributed by atoms with Crippen molar-refractivity contribution in [2.75, 3.05) is 7.05 Å². The summed E-state index contributed by atoms with van der Waals surface area (Å²) in [4.78, 5) is 1.90. The van der Waals surface area contributed by atoms with Crippen molar-refractivity contribution < 1.29 is 8.68 Å². The van der Waals surface area contributed by atoms with Gasteiger partial charge in [0.1, 0.15) is 7.05 Å². The monoisotopic (exact) mass is 316 g/mol. The van der Waals surface area contributed by atoms with Gasteiger partial charge in [-0.2, -0.15) is 0 Å². The molecule has 0 saturated carbocycles. The Morgan fingerprint density at radius 1 is 1.04 bits per heavy atom. The van der Waals surface area contributed by atoms with E-state index < -0.39 is 6.85 Å². The summed E-state index contributed by atoms with van der Waals surface area (Å²) in [5, 5.41) is 1.21. The predicted molar refractivity (Wildman–Crippen MR) is 103 cm³/mol. The Morgan fingerprint density at radius 3 is 2.71 bits per heavy atom. The van der Waals surface area contributed by atoms with Crippen LogP contribution in [0.25, 0.3) is 17.0 Å². The summed E-state index contributed by atoms with van der Waals surface area (Å²) < 4.78 is 26.1. The van der Waals surface area contributed by atoms with E-state index in [9.17, 15) is 0 Å². The molecule has 1 aliphatic rings. The minimum atomic E-state index is -2.16. The maximum atomic E-state index is 7.98. The van der Waals surface area contributed by atoms with Crippen LogP contribution < -0.4 is 15.6 Å². The average molecular weight is 316 g/mol. The van der Waals surface area contributed by atoms with Crippen LogP contribution >= 0.6 is 0 Å². The van der Waals surface area contributed by atoms with Gasteiger partial charge in [-0.15, -0.1) is 0 Å². The SMILES string of the molecule is [2H]C([2H])([2H])C1=Cc2ccccc2B(c2ccc3c(C)cccc3[n+]2C)N1C. The van der Waals surface area contributed by atoms with Gasteiger partial charge in [0.15, 0.2) is 5.59 Å². The van der Waals surface area contributed by atoms with E-state index >= 15 is 0 Å². The van der Waals surface area contributed by atoms with Crippen LogP contribution in [-0.4, -0.2) is 18.7 Å². The molecule has 24 heavy (non-hydrogen) atoms. The smallest absolute Gasteiger partial charge is 0.404 e. The lowest BCUT2D eigenvalue weighted by molar-refractivity contribution is -0.627. The van der Waals surface area contributed by atoms with Crippen molar-refractivity contribution in [3.8, 4) is 0 Å². The fraction of sp³-hybridized carbons (Fsp3) is 0.190. The summed E-state index contributed by atoms with van der Waals surface area (Å²) >= 11 is 0. The minimum Gasteiger partial charge on any atom is -0.408 e. The highest BCUT2D eigenvalue weighted by Gasteiger charge is 2.37. The zero-order chi connectivity index (χ0) is 19.3. The second-order valence-corrected chi connectivity index (χ2v) is 6.50. The first-order valence-electron chi connectivity index (χ1n) is 9.71. The van der Waals surface area contributed by atoms with Crippen molar-refractivity contribution in [2.45, 2.75) is 13.8 Å². The normalized spacial score (nSPS) is 16.3. The highest BCUT2D eigenvalue weighted by atomic mass is 15.1. The predicted octanol–water partition coefficient (Wildman–Crippen LogP) is 2.38. The van der Waals surface area contributed by atoms with Gasteiger partial charge in [-0.3, -0.25) is 0 Å².